The van der Waals surface area contributed by atoms with Crippen LogP contribution in [-0.2, 0) is 0 Å². The maximum Gasteiger partial charge on any atom is 0.171 e. The number of halogens is 1. The first kappa shape index (κ1) is 14.8. The molecule has 1 atom stereocenters. The molecule has 0 bridgehead atoms. The van der Waals surface area contributed by atoms with Crippen molar-refractivity contribution >= 4 is 0 Å². The van der Waals surface area contributed by atoms with E-state index in [-0.39, 0.29) is 11.7 Å². The molecule has 0 heterocycles. The summed E-state index contributed by atoms with van der Waals surface area (Å²) in [7, 11) is 3.04. The zero-order valence-electron chi connectivity index (χ0n) is 11.8. The molecule has 0 aliphatic heterocycles. The lowest BCUT2D eigenvalue weighted by atomic mass is 9.90. The summed E-state index contributed by atoms with van der Waals surface area (Å²) >= 11 is 0. The van der Waals surface area contributed by atoms with E-state index in [1.807, 2.05) is 6.92 Å². The second-order valence-corrected chi connectivity index (χ2v) is 4.52. The second kappa shape index (κ2) is 6.05. The first-order valence-electron chi connectivity index (χ1n) is 6.10. The van der Waals surface area contributed by atoms with E-state index in [0.29, 0.717) is 23.6 Å². The third-order valence-corrected chi connectivity index (χ3v) is 3.36. The molecule has 102 valence electrons. The molecule has 0 aliphatic rings. The number of nitrogens with two attached hydrogens (primary N) is 1. The highest BCUT2D eigenvalue weighted by Crippen LogP contribution is 2.41. The van der Waals surface area contributed by atoms with Crippen molar-refractivity contribution in [3.63, 3.8) is 0 Å². The first-order chi connectivity index (χ1) is 8.49. The van der Waals surface area contributed by atoms with Crippen LogP contribution in [0.5, 0.6) is 11.5 Å². The molecule has 1 aromatic carbocycles. The van der Waals surface area contributed by atoms with Gasteiger partial charge in [0.1, 0.15) is 5.75 Å². The van der Waals surface area contributed by atoms with Crippen LogP contribution in [0.3, 0.4) is 0 Å². The van der Waals surface area contributed by atoms with Crippen molar-refractivity contribution in [2.45, 2.75) is 33.1 Å². The van der Waals surface area contributed by atoms with Gasteiger partial charge in [-0.2, -0.15) is 0 Å². The van der Waals surface area contributed by atoms with Crippen molar-refractivity contribution in [2.75, 3.05) is 20.8 Å². The highest BCUT2D eigenvalue weighted by atomic mass is 19.1. The third kappa shape index (κ3) is 2.43. The smallest absolute Gasteiger partial charge is 0.171 e. The molecular formula is C14H22FNO2. The minimum atomic E-state index is -0.351. The van der Waals surface area contributed by atoms with Crippen LogP contribution in [0.4, 0.5) is 4.39 Å². The van der Waals surface area contributed by atoms with E-state index >= 15 is 0 Å². The lowest BCUT2D eigenvalue weighted by Gasteiger charge is -2.22. The average Bonchev–Trinajstić information content (AvgIpc) is 2.34. The van der Waals surface area contributed by atoms with Crippen molar-refractivity contribution in [1.82, 2.24) is 0 Å². The minimum Gasteiger partial charge on any atom is -0.496 e. The van der Waals surface area contributed by atoms with E-state index in [1.165, 1.54) is 7.11 Å². The molecule has 18 heavy (non-hydrogen) atoms. The standard InChI is InChI=1S/C14H22FNO2/c1-8(6-7-16)11-9(2)14(18-5)12(15)10(3)13(11)17-4/h8H,6-7,16H2,1-5H3. The number of rotatable bonds is 5. The summed E-state index contributed by atoms with van der Waals surface area (Å²) in [6.07, 6.45) is 0.825. The van der Waals surface area contributed by atoms with Crippen LogP contribution in [0.25, 0.3) is 0 Å². The van der Waals surface area contributed by atoms with Gasteiger partial charge in [-0.25, -0.2) is 4.39 Å². The molecular weight excluding hydrogens is 233 g/mol. The Hall–Kier alpha value is -1.29. The fourth-order valence-corrected chi connectivity index (χ4v) is 2.42. The van der Waals surface area contributed by atoms with Crippen molar-refractivity contribution < 1.29 is 13.9 Å². The number of methoxy groups -OCH3 is 2. The van der Waals surface area contributed by atoms with Gasteiger partial charge in [-0.3, -0.25) is 0 Å². The van der Waals surface area contributed by atoms with E-state index in [9.17, 15) is 4.39 Å². The van der Waals surface area contributed by atoms with Gasteiger partial charge in [0.15, 0.2) is 11.6 Å². The molecule has 0 aliphatic carbocycles. The predicted octanol–water partition coefficient (Wildman–Crippen LogP) is 2.91. The van der Waals surface area contributed by atoms with Gasteiger partial charge in [0, 0.05) is 16.7 Å². The SMILES string of the molecule is COc1c(C)c(C(C)CCN)c(OC)c(C)c1F. The summed E-state index contributed by atoms with van der Waals surface area (Å²) in [6, 6.07) is 0. The van der Waals surface area contributed by atoms with Crippen molar-refractivity contribution in [2.24, 2.45) is 5.73 Å². The van der Waals surface area contributed by atoms with Crippen LogP contribution < -0.4 is 15.2 Å². The van der Waals surface area contributed by atoms with Gasteiger partial charge < -0.3 is 15.2 Å². The molecule has 0 spiro atoms. The Morgan fingerprint density at radius 2 is 1.67 bits per heavy atom. The average molecular weight is 255 g/mol. The normalized spacial score (nSPS) is 12.4. The molecule has 1 unspecified atom stereocenters. The van der Waals surface area contributed by atoms with Gasteiger partial charge in [0.2, 0.25) is 0 Å². The fourth-order valence-electron chi connectivity index (χ4n) is 2.42. The second-order valence-electron chi connectivity index (χ2n) is 4.52. The van der Waals surface area contributed by atoms with Crippen LogP contribution in [-0.4, -0.2) is 20.8 Å². The molecule has 3 nitrogen and oxygen atoms in total. The molecule has 0 fully saturated rings. The number of ether oxygens (including phenoxy) is 2. The van der Waals surface area contributed by atoms with Gasteiger partial charge in [-0.05, 0) is 32.7 Å². The van der Waals surface area contributed by atoms with Crippen LogP contribution in [0, 0.1) is 19.7 Å². The molecule has 0 amide bonds. The van der Waals surface area contributed by atoms with E-state index in [0.717, 1.165) is 17.5 Å². The Bertz CT molecular complexity index is 433. The lowest BCUT2D eigenvalue weighted by molar-refractivity contribution is 0.365. The molecule has 0 aromatic heterocycles. The molecule has 0 saturated carbocycles. The monoisotopic (exact) mass is 255 g/mol. The van der Waals surface area contributed by atoms with E-state index in [2.05, 4.69) is 6.92 Å². The van der Waals surface area contributed by atoms with Crippen molar-refractivity contribution in [1.29, 1.82) is 0 Å². The van der Waals surface area contributed by atoms with Gasteiger partial charge in [0.25, 0.3) is 0 Å². The molecule has 2 N–H and O–H groups in total. The summed E-state index contributed by atoms with van der Waals surface area (Å²) < 4.78 is 24.6. The highest BCUT2D eigenvalue weighted by molar-refractivity contribution is 5.55. The van der Waals surface area contributed by atoms with Crippen LogP contribution in [0.1, 0.15) is 36.0 Å². The van der Waals surface area contributed by atoms with E-state index < -0.39 is 0 Å². The number of hydrogen-bond acceptors (Lipinski definition) is 3. The molecule has 0 saturated heterocycles. The van der Waals surface area contributed by atoms with Gasteiger partial charge in [-0.15, -0.1) is 0 Å². The summed E-state index contributed by atoms with van der Waals surface area (Å²) in [5.41, 5.74) is 7.86. The van der Waals surface area contributed by atoms with E-state index in [1.54, 1.807) is 14.0 Å². The topological polar surface area (TPSA) is 44.5 Å². The zero-order chi connectivity index (χ0) is 13.9. The summed E-state index contributed by atoms with van der Waals surface area (Å²) in [4.78, 5) is 0. The first-order valence-corrected chi connectivity index (χ1v) is 6.10. The largest absolute Gasteiger partial charge is 0.496 e. The Kier molecular flexibility index (Phi) is 4.96. The summed E-state index contributed by atoms with van der Waals surface area (Å²) in [6.45, 7) is 6.21. The maximum absolute atomic E-state index is 14.1. The molecule has 1 rings (SSSR count). The maximum atomic E-state index is 14.1. The van der Waals surface area contributed by atoms with Crippen LogP contribution in [0.15, 0.2) is 0 Å². The third-order valence-electron chi connectivity index (χ3n) is 3.36. The number of benzene rings is 1. The lowest BCUT2D eigenvalue weighted by Crippen LogP contribution is -2.10. The molecule has 0 radical (unpaired) electrons. The number of hydrogen-bond donors (Lipinski definition) is 1. The van der Waals surface area contributed by atoms with Crippen molar-refractivity contribution in [3.05, 3.63) is 22.5 Å². The zero-order valence-corrected chi connectivity index (χ0v) is 11.8. The fraction of sp³-hybridized carbons (Fsp3) is 0.571. The Balaban J connectivity index is 3.51. The molecule has 4 heteroatoms. The summed E-state index contributed by atoms with van der Waals surface area (Å²) in [5.74, 6) is 0.757. The van der Waals surface area contributed by atoms with Gasteiger partial charge in [-0.1, -0.05) is 6.92 Å². The van der Waals surface area contributed by atoms with Gasteiger partial charge in [0.05, 0.1) is 14.2 Å². The Morgan fingerprint density at radius 1 is 1.11 bits per heavy atom. The van der Waals surface area contributed by atoms with Crippen molar-refractivity contribution in [3.8, 4) is 11.5 Å². The summed E-state index contributed by atoms with van der Waals surface area (Å²) in [5, 5.41) is 0. The Morgan fingerprint density at radius 3 is 2.11 bits per heavy atom. The Labute approximate surface area is 108 Å². The van der Waals surface area contributed by atoms with E-state index in [4.69, 9.17) is 15.2 Å². The highest BCUT2D eigenvalue weighted by Gasteiger charge is 2.24. The van der Waals surface area contributed by atoms with Crippen LogP contribution in [0.2, 0.25) is 0 Å². The quantitative estimate of drug-likeness (QED) is 0.879. The minimum absolute atomic E-state index is 0.207. The molecule has 1 aromatic rings. The predicted molar refractivity (Wildman–Crippen MR) is 71.1 cm³/mol. The van der Waals surface area contributed by atoms with Crippen LogP contribution >= 0.6 is 0 Å². The van der Waals surface area contributed by atoms with Gasteiger partial charge >= 0.3 is 0 Å².